The lowest BCUT2D eigenvalue weighted by atomic mass is 10.1. The van der Waals surface area contributed by atoms with Gasteiger partial charge in [0.05, 0.1) is 6.10 Å². The molecule has 3 heteroatoms. The van der Waals surface area contributed by atoms with Crippen LogP contribution in [0.5, 0.6) is 0 Å². The van der Waals surface area contributed by atoms with Crippen molar-refractivity contribution in [2.24, 2.45) is 5.92 Å². The lowest BCUT2D eigenvalue weighted by Crippen LogP contribution is -2.55. The van der Waals surface area contributed by atoms with Crippen molar-refractivity contribution < 1.29 is 4.43 Å². The maximum atomic E-state index is 6.22. The fourth-order valence-electron chi connectivity index (χ4n) is 1.98. The highest BCUT2D eigenvalue weighted by Crippen LogP contribution is 2.18. The average molecular weight is 221 g/mol. The van der Waals surface area contributed by atoms with E-state index in [0.29, 0.717) is 12.0 Å². The van der Waals surface area contributed by atoms with E-state index in [2.05, 4.69) is 55.7 Å². The molecule has 2 nitrogen and oxygen atoms in total. The Morgan fingerprint density at radius 2 is 2.00 bits per heavy atom. The third kappa shape index (κ3) is 2.14. The summed E-state index contributed by atoms with van der Waals surface area (Å²) in [6, 6.07) is 10.6. The van der Waals surface area contributed by atoms with Gasteiger partial charge in [0.1, 0.15) is 0 Å². The van der Waals surface area contributed by atoms with E-state index in [-0.39, 0.29) is 0 Å². The van der Waals surface area contributed by atoms with Gasteiger partial charge in [0.2, 0.25) is 0 Å². The van der Waals surface area contributed by atoms with Crippen molar-refractivity contribution in [2.45, 2.75) is 26.5 Å². The first kappa shape index (κ1) is 10.9. The number of hydrogen-bond donors (Lipinski definition) is 1. The number of benzene rings is 1. The topological polar surface area (TPSA) is 21.3 Å². The SMILES string of the molecule is CC(C)[C@@H]1CN[Si@@](C)(c2ccccc2)O1. The van der Waals surface area contributed by atoms with E-state index in [0.717, 1.165) is 6.54 Å². The van der Waals surface area contributed by atoms with Crippen LogP contribution in [0.4, 0.5) is 0 Å². The first-order valence-corrected chi connectivity index (χ1v) is 8.01. The summed E-state index contributed by atoms with van der Waals surface area (Å²) in [5.74, 6) is 0.593. The zero-order chi connectivity index (χ0) is 10.9. The second-order valence-electron chi connectivity index (χ2n) is 4.68. The average Bonchev–Trinajstić information content (AvgIpc) is 2.64. The van der Waals surface area contributed by atoms with Crippen molar-refractivity contribution in [3.8, 4) is 0 Å². The fraction of sp³-hybridized carbons (Fsp3) is 0.500. The molecule has 1 aliphatic rings. The minimum absolute atomic E-state index is 0.377. The number of hydrogen-bond acceptors (Lipinski definition) is 2. The van der Waals surface area contributed by atoms with Crippen LogP contribution in [0, 0.1) is 5.92 Å². The molecule has 0 saturated carbocycles. The van der Waals surface area contributed by atoms with E-state index >= 15 is 0 Å². The van der Waals surface area contributed by atoms with Crippen molar-refractivity contribution in [1.29, 1.82) is 0 Å². The number of rotatable bonds is 2. The molecule has 1 aromatic rings. The van der Waals surface area contributed by atoms with Crippen molar-refractivity contribution in [1.82, 2.24) is 4.98 Å². The molecule has 0 unspecified atom stereocenters. The van der Waals surface area contributed by atoms with Gasteiger partial charge >= 0.3 is 0 Å². The predicted octanol–water partition coefficient (Wildman–Crippen LogP) is 1.61. The van der Waals surface area contributed by atoms with Crippen LogP contribution < -0.4 is 10.2 Å². The molecule has 1 aromatic carbocycles. The van der Waals surface area contributed by atoms with Crippen LogP contribution >= 0.6 is 0 Å². The molecule has 0 amide bonds. The van der Waals surface area contributed by atoms with Gasteiger partial charge in [-0.15, -0.1) is 0 Å². The van der Waals surface area contributed by atoms with E-state index in [4.69, 9.17) is 4.43 Å². The fourth-order valence-corrected chi connectivity index (χ4v) is 4.78. The monoisotopic (exact) mass is 221 g/mol. The first-order chi connectivity index (χ1) is 7.12. The van der Waals surface area contributed by atoms with Crippen LogP contribution in [0.2, 0.25) is 6.55 Å². The van der Waals surface area contributed by atoms with Gasteiger partial charge in [-0.1, -0.05) is 44.2 Å². The summed E-state index contributed by atoms with van der Waals surface area (Å²) < 4.78 is 6.22. The molecule has 1 fully saturated rings. The molecule has 1 aliphatic heterocycles. The van der Waals surface area contributed by atoms with Crippen molar-refractivity contribution in [2.75, 3.05) is 6.54 Å². The first-order valence-electron chi connectivity index (χ1n) is 5.60. The van der Waals surface area contributed by atoms with Gasteiger partial charge < -0.3 is 9.41 Å². The zero-order valence-corrected chi connectivity index (χ0v) is 10.7. The Balaban J connectivity index is 2.17. The molecule has 1 N–H and O–H groups in total. The van der Waals surface area contributed by atoms with Gasteiger partial charge in [-0.05, 0) is 17.7 Å². The van der Waals surface area contributed by atoms with Crippen molar-refractivity contribution in [3.63, 3.8) is 0 Å². The van der Waals surface area contributed by atoms with E-state index in [1.165, 1.54) is 5.19 Å². The summed E-state index contributed by atoms with van der Waals surface area (Å²) in [5.41, 5.74) is 0. The van der Waals surface area contributed by atoms with Crippen LogP contribution in [-0.4, -0.2) is 21.1 Å². The Hall–Kier alpha value is -0.643. The molecule has 15 heavy (non-hydrogen) atoms. The van der Waals surface area contributed by atoms with Gasteiger partial charge in [0, 0.05) is 6.54 Å². The summed E-state index contributed by atoms with van der Waals surface area (Å²) in [7, 11) is -1.84. The minimum Gasteiger partial charge on any atom is -0.395 e. The van der Waals surface area contributed by atoms with Crippen LogP contribution in [0.25, 0.3) is 0 Å². The Morgan fingerprint density at radius 3 is 2.53 bits per heavy atom. The van der Waals surface area contributed by atoms with Crippen LogP contribution in [0.15, 0.2) is 30.3 Å². The van der Waals surface area contributed by atoms with E-state index in [1.54, 1.807) is 0 Å². The summed E-state index contributed by atoms with van der Waals surface area (Å²) in [4.78, 5) is 3.60. The highest BCUT2D eigenvalue weighted by atomic mass is 28.4. The molecule has 0 aliphatic carbocycles. The van der Waals surface area contributed by atoms with Crippen LogP contribution in [-0.2, 0) is 4.43 Å². The van der Waals surface area contributed by atoms with E-state index < -0.39 is 8.48 Å². The second-order valence-corrected chi connectivity index (χ2v) is 7.91. The summed E-state index contributed by atoms with van der Waals surface area (Å²) in [6.07, 6.45) is 0.377. The third-order valence-corrected chi connectivity index (χ3v) is 6.18. The second kappa shape index (κ2) is 4.08. The van der Waals surface area contributed by atoms with Gasteiger partial charge in [0.15, 0.2) is 0 Å². The molecule has 0 radical (unpaired) electrons. The highest BCUT2D eigenvalue weighted by Gasteiger charge is 2.41. The summed E-state index contributed by atoms with van der Waals surface area (Å²) in [5, 5.41) is 1.34. The van der Waals surface area contributed by atoms with Crippen LogP contribution in [0.1, 0.15) is 13.8 Å². The highest BCUT2D eigenvalue weighted by molar-refractivity contribution is 6.83. The molecule has 1 heterocycles. The maximum absolute atomic E-state index is 6.22. The molecule has 0 aromatic heterocycles. The van der Waals surface area contributed by atoms with Crippen molar-refractivity contribution in [3.05, 3.63) is 30.3 Å². The molecule has 2 atom stereocenters. The van der Waals surface area contributed by atoms with E-state index in [1.807, 2.05) is 0 Å². The molecule has 82 valence electrons. The smallest absolute Gasteiger partial charge is 0.299 e. The zero-order valence-electron chi connectivity index (χ0n) is 9.66. The Labute approximate surface area is 92.9 Å². The molecule has 2 rings (SSSR count). The Morgan fingerprint density at radius 1 is 1.33 bits per heavy atom. The predicted molar refractivity (Wildman–Crippen MR) is 65.4 cm³/mol. The number of nitrogens with one attached hydrogen (secondary N) is 1. The summed E-state index contributed by atoms with van der Waals surface area (Å²) >= 11 is 0. The molecule has 1 saturated heterocycles. The van der Waals surface area contributed by atoms with Crippen molar-refractivity contribution >= 4 is 13.7 Å². The van der Waals surface area contributed by atoms with Gasteiger partial charge in [-0.3, -0.25) is 0 Å². The molecule has 0 spiro atoms. The quantitative estimate of drug-likeness (QED) is 0.766. The molecular weight excluding hydrogens is 202 g/mol. The Bertz CT molecular complexity index is 328. The third-order valence-electron chi connectivity index (χ3n) is 3.10. The van der Waals surface area contributed by atoms with Gasteiger partial charge in [0.25, 0.3) is 8.48 Å². The largest absolute Gasteiger partial charge is 0.395 e. The summed E-state index contributed by atoms with van der Waals surface area (Å²) in [6.45, 7) is 7.68. The minimum atomic E-state index is -1.84. The maximum Gasteiger partial charge on any atom is 0.299 e. The van der Waals surface area contributed by atoms with Gasteiger partial charge in [-0.2, -0.15) is 0 Å². The standard InChI is InChI=1S/C12H19NOSi/c1-10(2)12-9-13-15(3,14-12)11-7-5-4-6-8-11/h4-8,10,12-13H,9H2,1-3H3/t12-,15+/m0/s1. The lowest BCUT2D eigenvalue weighted by Gasteiger charge is -2.23. The van der Waals surface area contributed by atoms with Gasteiger partial charge in [-0.25, -0.2) is 0 Å². The normalized spacial score (nSPS) is 31.1. The Kier molecular flexibility index (Phi) is 2.95. The molecular formula is C12H19NOSi. The van der Waals surface area contributed by atoms with Crippen LogP contribution in [0.3, 0.4) is 0 Å². The lowest BCUT2D eigenvalue weighted by molar-refractivity contribution is 0.183. The van der Waals surface area contributed by atoms with E-state index in [9.17, 15) is 0 Å². The molecule has 0 bridgehead atoms.